The SMILES string of the molecule is Cc1cc(CCN)ccc1Sc1nc2ccccc2[nH]1. The Morgan fingerprint density at radius 2 is 2.05 bits per heavy atom. The number of nitrogens with zero attached hydrogens (tertiary/aromatic N) is 1. The predicted octanol–water partition coefficient (Wildman–Crippen LogP) is 3.52. The van der Waals surface area contributed by atoms with Crippen molar-refractivity contribution in [3.05, 3.63) is 53.6 Å². The van der Waals surface area contributed by atoms with Crippen LogP contribution < -0.4 is 5.73 Å². The quantitative estimate of drug-likeness (QED) is 0.770. The lowest BCUT2D eigenvalue weighted by molar-refractivity contribution is 0.962. The van der Waals surface area contributed by atoms with Crippen LogP contribution in [-0.4, -0.2) is 16.5 Å². The molecule has 3 rings (SSSR count). The fourth-order valence-electron chi connectivity index (χ4n) is 2.23. The number of rotatable bonds is 4. The van der Waals surface area contributed by atoms with E-state index in [1.54, 1.807) is 11.8 Å². The van der Waals surface area contributed by atoms with Crippen LogP contribution >= 0.6 is 11.8 Å². The van der Waals surface area contributed by atoms with Gasteiger partial charge in [0.1, 0.15) is 0 Å². The Bertz CT molecular complexity index is 700. The summed E-state index contributed by atoms with van der Waals surface area (Å²) in [5.41, 5.74) is 10.2. The van der Waals surface area contributed by atoms with Gasteiger partial charge in [0.05, 0.1) is 11.0 Å². The maximum absolute atomic E-state index is 5.60. The molecule has 0 fully saturated rings. The van der Waals surface area contributed by atoms with Crippen molar-refractivity contribution in [1.29, 1.82) is 0 Å². The molecule has 0 aliphatic rings. The second kappa shape index (κ2) is 5.69. The number of fused-ring (bicyclic) bond motifs is 1. The van der Waals surface area contributed by atoms with E-state index in [-0.39, 0.29) is 0 Å². The molecular weight excluding hydrogens is 266 g/mol. The van der Waals surface area contributed by atoms with Crippen LogP contribution in [0.3, 0.4) is 0 Å². The molecular formula is C16H17N3S. The molecule has 20 heavy (non-hydrogen) atoms. The van der Waals surface area contributed by atoms with Gasteiger partial charge in [-0.05, 0) is 49.2 Å². The Hall–Kier alpha value is -1.78. The molecule has 0 saturated carbocycles. The van der Waals surface area contributed by atoms with E-state index in [0.717, 1.165) is 22.6 Å². The fraction of sp³-hybridized carbons (Fsp3) is 0.188. The highest BCUT2D eigenvalue weighted by Crippen LogP contribution is 2.30. The molecule has 0 unspecified atom stereocenters. The van der Waals surface area contributed by atoms with E-state index < -0.39 is 0 Å². The number of aryl methyl sites for hydroxylation is 1. The van der Waals surface area contributed by atoms with Gasteiger partial charge in [0, 0.05) is 4.90 Å². The lowest BCUT2D eigenvalue weighted by Gasteiger charge is -2.06. The van der Waals surface area contributed by atoms with E-state index >= 15 is 0 Å². The third-order valence-corrected chi connectivity index (χ3v) is 4.31. The third kappa shape index (κ3) is 2.71. The van der Waals surface area contributed by atoms with Crippen molar-refractivity contribution < 1.29 is 0 Å². The van der Waals surface area contributed by atoms with Crippen LogP contribution in [-0.2, 0) is 6.42 Å². The van der Waals surface area contributed by atoms with Gasteiger partial charge in [-0.25, -0.2) is 4.98 Å². The van der Waals surface area contributed by atoms with Gasteiger partial charge in [-0.1, -0.05) is 36.0 Å². The zero-order valence-electron chi connectivity index (χ0n) is 11.4. The van der Waals surface area contributed by atoms with Gasteiger partial charge in [0.25, 0.3) is 0 Å². The first-order valence-corrected chi connectivity index (χ1v) is 7.50. The highest BCUT2D eigenvalue weighted by Gasteiger charge is 2.06. The van der Waals surface area contributed by atoms with Crippen molar-refractivity contribution in [1.82, 2.24) is 9.97 Å². The van der Waals surface area contributed by atoms with E-state index in [2.05, 4.69) is 35.1 Å². The van der Waals surface area contributed by atoms with Crippen LogP contribution in [0, 0.1) is 6.92 Å². The Morgan fingerprint density at radius 1 is 1.20 bits per heavy atom. The molecule has 2 aromatic carbocycles. The number of nitrogens with one attached hydrogen (secondary N) is 1. The first kappa shape index (κ1) is 13.2. The molecule has 0 saturated heterocycles. The normalized spacial score (nSPS) is 11.1. The van der Waals surface area contributed by atoms with E-state index in [0.29, 0.717) is 6.54 Å². The number of para-hydroxylation sites is 2. The number of imidazole rings is 1. The van der Waals surface area contributed by atoms with E-state index in [1.165, 1.54) is 16.0 Å². The van der Waals surface area contributed by atoms with Crippen molar-refractivity contribution in [2.24, 2.45) is 5.73 Å². The molecule has 0 radical (unpaired) electrons. The van der Waals surface area contributed by atoms with Crippen molar-refractivity contribution in [2.75, 3.05) is 6.54 Å². The number of nitrogens with two attached hydrogens (primary N) is 1. The minimum absolute atomic E-state index is 0.690. The Balaban J connectivity index is 1.86. The second-order valence-electron chi connectivity index (χ2n) is 4.80. The molecule has 102 valence electrons. The number of hydrogen-bond acceptors (Lipinski definition) is 3. The Labute approximate surface area is 122 Å². The summed E-state index contributed by atoms with van der Waals surface area (Å²) in [4.78, 5) is 9.16. The van der Waals surface area contributed by atoms with Gasteiger partial charge < -0.3 is 10.7 Å². The lowest BCUT2D eigenvalue weighted by atomic mass is 10.1. The van der Waals surface area contributed by atoms with Crippen LogP contribution in [0.15, 0.2) is 52.5 Å². The van der Waals surface area contributed by atoms with Crippen LogP contribution in [0.25, 0.3) is 11.0 Å². The zero-order valence-corrected chi connectivity index (χ0v) is 12.2. The second-order valence-corrected chi connectivity index (χ2v) is 5.83. The average Bonchev–Trinajstić information content (AvgIpc) is 2.84. The molecule has 3 aromatic rings. The van der Waals surface area contributed by atoms with Crippen molar-refractivity contribution in [3.8, 4) is 0 Å². The average molecular weight is 283 g/mol. The molecule has 1 aromatic heterocycles. The standard InChI is InChI=1S/C16H17N3S/c1-11-10-12(8-9-17)6-7-15(11)20-16-18-13-4-2-3-5-14(13)19-16/h2-7,10H,8-9,17H2,1H3,(H,18,19). The van der Waals surface area contributed by atoms with Crippen molar-refractivity contribution in [2.45, 2.75) is 23.4 Å². The Morgan fingerprint density at radius 3 is 2.80 bits per heavy atom. The topological polar surface area (TPSA) is 54.7 Å². The summed E-state index contributed by atoms with van der Waals surface area (Å²) in [5, 5.41) is 0.931. The smallest absolute Gasteiger partial charge is 0.171 e. The molecule has 4 heteroatoms. The van der Waals surface area contributed by atoms with Crippen LogP contribution in [0.4, 0.5) is 0 Å². The molecule has 3 nitrogen and oxygen atoms in total. The van der Waals surface area contributed by atoms with Crippen LogP contribution in [0.5, 0.6) is 0 Å². The number of benzene rings is 2. The molecule has 0 bridgehead atoms. The lowest BCUT2D eigenvalue weighted by Crippen LogP contribution is -2.02. The highest BCUT2D eigenvalue weighted by atomic mass is 32.2. The van der Waals surface area contributed by atoms with Gasteiger partial charge in [-0.3, -0.25) is 0 Å². The van der Waals surface area contributed by atoms with Crippen molar-refractivity contribution in [3.63, 3.8) is 0 Å². The summed E-state index contributed by atoms with van der Waals surface area (Å²) >= 11 is 1.67. The number of aromatic nitrogens is 2. The minimum atomic E-state index is 0.690. The van der Waals surface area contributed by atoms with Gasteiger partial charge in [0.2, 0.25) is 0 Å². The Kier molecular flexibility index (Phi) is 3.76. The molecule has 0 spiro atoms. The first-order valence-electron chi connectivity index (χ1n) is 6.68. The summed E-state index contributed by atoms with van der Waals surface area (Å²) < 4.78 is 0. The monoisotopic (exact) mass is 283 g/mol. The maximum Gasteiger partial charge on any atom is 0.171 e. The van der Waals surface area contributed by atoms with E-state index in [4.69, 9.17) is 5.73 Å². The van der Waals surface area contributed by atoms with Crippen LogP contribution in [0.1, 0.15) is 11.1 Å². The number of H-pyrrole nitrogens is 1. The largest absolute Gasteiger partial charge is 0.333 e. The van der Waals surface area contributed by atoms with Crippen LogP contribution in [0.2, 0.25) is 0 Å². The summed E-state index contributed by atoms with van der Waals surface area (Å²) in [7, 11) is 0. The summed E-state index contributed by atoms with van der Waals surface area (Å²) in [5.74, 6) is 0. The fourth-order valence-corrected chi connectivity index (χ4v) is 3.10. The third-order valence-electron chi connectivity index (χ3n) is 3.25. The van der Waals surface area contributed by atoms with Gasteiger partial charge in [-0.2, -0.15) is 0 Å². The van der Waals surface area contributed by atoms with E-state index in [1.807, 2.05) is 24.3 Å². The summed E-state index contributed by atoms with van der Waals surface area (Å²) in [6, 6.07) is 14.6. The van der Waals surface area contributed by atoms with E-state index in [9.17, 15) is 0 Å². The molecule has 0 amide bonds. The molecule has 0 aliphatic heterocycles. The van der Waals surface area contributed by atoms with Crippen molar-refractivity contribution >= 4 is 22.8 Å². The summed E-state index contributed by atoms with van der Waals surface area (Å²) in [6.45, 7) is 2.82. The maximum atomic E-state index is 5.60. The first-order chi connectivity index (χ1) is 9.76. The van der Waals surface area contributed by atoms with Gasteiger partial charge in [0.15, 0.2) is 5.16 Å². The summed E-state index contributed by atoms with van der Waals surface area (Å²) in [6.07, 6.45) is 0.927. The highest BCUT2D eigenvalue weighted by molar-refractivity contribution is 7.99. The molecule has 1 heterocycles. The molecule has 0 atom stereocenters. The predicted molar refractivity (Wildman–Crippen MR) is 84.2 cm³/mol. The molecule has 3 N–H and O–H groups in total. The minimum Gasteiger partial charge on any atom is -0.333 e. The molecule has 0 aliphatic carbocycles. The van der Waals surface area contributed by atoms with Gasteiger partial charge in [-0.15, -0.1) is 0 Å². The zero-order chi connectivity index (χ0) is 13.9. The van der Waals surface area contributed by atoms with Gasteiger partial charge >= 0.3 is 0 Å². The number of hydrogen-bond donors (Lipinski definition) is 2. The number of aromatic amines is 1.